The summed E-state index contributed by atoms with van der Waals surface area (Å²) in [6.45, 7) is 0.941. The molecule has 92 valence electrons. The molecule has 0 spiro atoms. The maximum absolute atomic E-state index is 11.9. The summed E-state index contributed by atoms with van der Waals surface area (Å²) in [6.07, 6.45) is 0. The first-order valence-corrected chi connectivity index (χ1v) is 5.28. The second-order valence-corrected chi connectivity index (χ2v) is 3.71. The number of rotatable bonds is 3. The summed E-state index contributed by atoms with van der Waals surface area (Å²) >= 11 is 0. The first-order valence-electron chi connectivity index (χ1n) is 5.28. The molecule has 0 atom stereocenters. The fourth-order valence-electron chi connectivity index (χ4n) is 2.05. The van der Waals surface area contributed by atoms with Crippen molar-refractivity contribution in [3.8, 4) is 17.2 Å². The summed E-state index contributed by atoms with van der Waals surface area (Å²) in [7, 11) is 4.60. The van der Waals surface area contributed by atoms with Crippen LogP contribution in [0, 0.1) is 0 Å². The molecule has 17 heavy (non-hydrogen) atoms. The van der Waals surface area contributed by atoms with Crippen LogP contribution in [-0.4, -0.2) is 33.7 Å². The molecule has 0 fully saturated rings. The minimum absolute atomic E-state index is 0.00375. The van der Waals surface area contributed by atoms with E-state index in [2.05, 4.69) is 5.32 Å². The molecule has 0 amide bonds. The average molecular weight is 237 g/mol. The van der Waals surface area contributed by atoms with Gasteiger partial charge < -0.3 is 19.5 Å². The first kappa shape index (κ1) is 11.7. The number of hydrogen-bond acceptors (Lipinski definition) is 5. The van der Waals surface area contributed by atoms with Crippen LogP contribution >= 0.6 is 0 Å². The summed E-state index contributed by atoms with van der Waals surface area (Å²) in [5.41, 5.74) is 1.46. The first-order chi connectivity index (χ1) is 8.22. The lowest BCUT2D eigenvalue weighted by Crippen LogP contribution is -2.30. The van der Waals surface area contributed by atoms with E-state index in [1.807, 2.05) is 0 Å². The van der Waals surface area contributed by atoms with Crippen LogP contribution in [0.3, 0.4) is 0 Å². The lowest BCUT2D eigenvalue weighted by molar-refractivity contribution is 0.0978. The summed E-state index contributed by atoms with van der Waals surface area (Å²) in [4.78, 5) is 11.9. The van der Waals surface area contributed by atoms with Gasteiger partial charge in [-0.15, -0.1) is 0 Å². The molecule has 0 unspecified atom stereocenters. The van der Waals surface area contributed by atoms with E-state index in [0.717, 1.165) is 5.56 Å². The van der Waals surface area contributed by atoms with Gasteiger partial charge in [0.25, 0.3) is 0 Å². The highest BCUT2D eigenvalue weighted by Crippen LogP contribution is 2.42. The van der Waals surface area contributed by atoms with Crippen LogP contribution in [0.15, 0.2) is 6.07 Å². The van der Waals surface area contributed by atoms with E-state index in [4.69, 9.17) is 14.2 Å². The molecule has 1 heterocycles. The molecule has 1 aromatic carbocycles. The Morgan fingerprint density at radius 2 is 1.76 bits per heavy atom. The number of Topliss-reactive ketones (excluding diaryl/α,β-unsaturated/α-hetero) is 1. The molecule has 1 N–H and O–H groups in total. The van der Waals surface area contributed by atoms with Crippen LogP contribution in [-0.2, 0) is 6.54 Å². The summed E-state index contributed by atoms with van der Waals surface area (Å²) in [5, 5.41) is 3.03. The Morgan fingerprint density at radius 3 is 2.35 bits per heavy atom. The highest BCUT2D eigenvalue weighted by Gasteiger charge is 2.27. The zero-order valence-electron chi connectivity index (χ0n) is 10.1. The van der Waals surface area contributed by atoms with Crippen molar-refractivity contribution in [3.63, 3.8) is 0 Å². The topological polar surface area (TPSA) is 56.8 Å². The number of fused-ring (bicyclic) bond motifs is 1. The summed E-state index contributed by atoms with van der Waals surface area (Å²) in [6, 6.07) is 1.81. The van der Waals surface area contributed by atoms with Gasteiger partial charge >= 0.3 is 0 Å². The second-order valence-electron chi connectivity index (χ2n) is 3.71. The minimum Gasteiger partial charge on any atom is -0.493 e. The van der Waals surface area contributed by atoms with Crippen LogP contribution in [0.2, 0.25) is 0 Å². The Morgan fingerprint density at radius 1 is 1.06 bits per heavy atom. The molecule has 5 heteroatoms. The number of methoxy groups -OCH3 is 3. The minimum atomic E-state index is 0.00375. The van der Waals surface area contributed by atoms with E-state index in [1.54, 1.807) is 13.2 Å². The SMILES string of the molecule is COc1cc2c(c(OC)c1OC)C(=O)CNC2. The van der Waals surface area contributed by atoms with Crippen molar-refractivity contribution in [3.05, 3.63) is 17.2 Å². The standard InChI is InChI=1S/C12H15NO4/c1-15-9-4-7-5-13-6-8(14)10(7)12(17-3)11(9)16-2/h4,13H,5-6H2,1-3H3. The predicted molar refractivity (Wildman–Crippen MR) is 62.1 cm³/mol. The predicted octanol–water partition coefficient (Wildman–Crippen LogP) is 0.998. The Hall–Kier alpha value is -1.75. The monoisotopic (exact) mass is 237 g/mol. The van der Waals surface area contributed by atoms with Crippen molar-refractivity contribution in [1.82, 2.24) is 5.32 Å². The van der Waals surface area contributed by atoms with E-state index in [1.165, 1.54) is 14.2 Å². The third kappa shape index (κ3) is 1.82. The fourth-order valence-corrected chi connectivity index (χ4v) is 2.05. The van der Waals surface area contributed by atoms with Crippen LogP contribution in [0.1, 0.15) is 15.9 Å². The molecule has 1 aliphatic rings. The van der Waals surface area contributed by atoms with Gasteiger partial charge in [0.05, 0.1) is 33.4 Å². The number of carbonyl (C=O) groups excluding carboxylic acids is 1. The molecule has 0 bridgehead atoms. The molecule has 1 aromatic rings. The van der Waals surface area contributed by atoms with Gasteiger partial charge in [-0.2, -0.15) is 0 Å². The van der Waals surface area contributed by atoms with Gasteiger partial charge in [-0.25, -0.2) is 0 Å². The number of nitrogens with one attached hydrogen (secondary N) is 1. The highest BCUT2D eigenvalue weighted by molar-refractivity contribution is 6.03. The van der Waals surface area contributed by atoms with Crippen LogP contribution < -0.4 is 19.5 Å². The third-order valence-electron chi connectivity index (χ3n) is 2.79. The van der Waals surface area contributed by atoms with Crippen molar-refractivity contribution in [2.75, 3.05) is 27.9 Å². The zero-order chi connectivity index (χ0) is 12.4. The van der Waals surface area contributed by atoms with Crippen molar-refractivity contribution >= 4 is 5.78 Å². The van der Waals surface area contributed by atoms with Crippen molar-refractivity contribution in [1.29, 1.82) is 0 Å². The molecule has 0 aliphatic carbocycles. The zero-order valence-corrected chi connectivity index (χ0v) is 10.1. The van der Waals surface area contributed by atoms with Gasteiger partial charge in [-0.1, -0.05) is 0 Å². The normalized spacial score (nSPS) is 14.2. The van der Waals surface area contributed by atoms with Gasteiger partial charge in [0.1, 0.15) is 0 Å². The van der Waals surface area contributed by atoms with E-state index in [0.29, 0.717) is 35.9 Å². The van der Waals surface area contributed by atoms with Crippen LogP contribution in [0.25, 0.3) is 0 Å². The maximum Gasteiger partial charge on any atom is 0.204 e. The van der Waals surface area contributed by atoms with E-state index < -0.39 is 0 Å². The smallest absolute Gasteiger partial charge is 0.204 e. The molecule has 5 nitrogen and oxygen atoms in total. The Kier molecular flexibility index (Phi) is 3.19. The Balaban J connectivity index is 2.69. The number of ketones is 1. The molecular weight excluding hydrogens is 222 g/mol. The molecule has 1 aliphatic heterocycles. The number of benzene rings is 1. The Bertz CT molecular complexity index is 456. The highest BCUT2D eigenvalue weighted by atomic mass is 16.5. The molecule has 0 radical (unpaired) electrons. The van der Waals surface area contributed by atoms with Gasteiger partial charge in [0, 0.05) is 6.54 Å². The van der Waals surface area contributed by atoms with Gasteiger partial charge in [-0.3, -0.25) is 4.79 Å². The Labute approximate surface area is 99.7 Å². The van der Waals surface area contributed by atoms with Gasteiger partial charge in [-0.05, 0) is 11.6 Å². The van der Waals surface area contributed by atoms with E-state index in [-0.39, 0.29) is 5.78 Å². The number of ether oxygens (including phenoxy) is 3. The third-order valence-corrected chi connectivity index (χ3v) is 2.79. The number of carbonyl (C=O) groups is 1. The lowest BCUT2D eigenvalue weighted by Gasteiger charge is -2.22. The van der Waals surface area contributed by atoms with Gasteiger partial charge in [0.2, 0.25) is 5.75 Å². The number of hydrogen-bond donors (Lipinski definition) is 1. The quantitative estimate of drug-likeness (QED) is 0.849. The molecule has 0 saturated heterocycles. The second kappa shape index (κ2) is 4.63. The van der Waals surface area contributed by atoms with Crippen molar-refractivity contribution in [2.45, 2.75) is 6.54 Å². The maximum atomic E-state index is 11.9. The molecular formula is C12H15NO4. The summed E-state index contributed by atoms with van der Waals surface area (Å²) < 4.78 is 15.8. The van der Waals surface area contributed by atoms with Crippen molar-refractivity contribution in [2.24, 2.45) is 0 Å². The van der Waals surface area contributed by atoms with E-state index >= 15 is 0 Å². The fraction of sp³-hybridized carbons (Fsp3) is 0.417. The van der Waals surface area contributed by atoms with Crippen molar-refractivity contribution < 1.29 is 19.0 Å². The lowest BCUT2D eigenvalue weighted by atomic mass is 9.97. The van der Waals surface area contributed by atoms with Crippen LogP contribution in [0.5, 0.6) is 17.2 Å². The molecule has 2 rings (SSSR count). The molecule has 0 aromatic heterocycles. The summed E-state index contributed by atoms with van der Waals surface area (Å²) in [5.74, 6) is 1.49. The largest absolute Gasteiger partial charge is 0.493 e. The van der Waals surface area contributed by atoms with Crippen LogP contribution in [0.4, 0.5) is 0 Å². The van der Waals surface area contributed by atoms with E-state index in [9.17, 15) is 4.79 Å². The van der Waals surface area contributed by atoms with Gasteiger partial charge in [0.15, 0.2) is 17.3 Å². The molecule has 0 saturated carbocycles. The average Bonchev–Trinajstić information content (AvgIpc) is 2.36.